The second-order valence-electron chi connectivity index (χ2n) is 3.39. The van der Waals surface area contributed by atoms with E-state index in [2.05, 4.69) is 13.5 Å². The molecule has 13 heavy (non-hydrogen) atoms. The Bertz CT molecular complexity index is 121. The first-order valence-electron chi connectivity index (χ1n) is 5.22. The van der Waals surface area contributed by atoms with E-state index in [-0.39, 0.29) is 12.4 Å². The van der Waals surface area contributed by atoms with Crippen LogP contribution in [0.15, 0.2) is 12.3 Å². The molecule has 2 nitrogen and oxygen atoms in total. The lowest BCUT2D eigenvalue weighted by atomic mass is 10.1. The van der Waals surface area contributed by atoms with Crippen LogP contribution in [0.1, 0.15) is 45.4 Å². The van der Waals surface area contributed by atoms with Crippen molar-refractivity contribution in [3.8, 4) is 0 Å². The minimum atomic E-state index is 0.117. The molecule has 2 heteroatoms. The molecule has 0 saturated heterocycles. The average Bonchev–Trinajstić information content (AvgIpc) is 2.09. The Morgan fingerprint density at radius 2 is 1.77 bits per heavy atom. The normalized spacial score (nSPS) is 10.2. The quantitative estimate of drug-likeness (QED) is 0.441. The van der Waals surface area contributed by atoms with E-state index in [1.165, 1.54) is 32.1 Å². The van der Waals surface area contributed by atoms with Crippen molar-refractivity contribution in [3.63, 3.8) is 0 Å². The van der Waals surface area contributed by atoms with Gasteiger partial charge in [-0.3, -0.25) is 0 Å². The van der Waals surface area contributed by atoms with Crippen molar-refractivity contribution in [1.29, 1.82) is 0 Å². The zero-order chi connectivity index (χ0) is 9.94. The summed E-state index contributed by atoms with van der Waals surface area (Å²) in [6.07, 6.45) is 7.60. The Balaban J connectivity index is 2.87. The summed E-state index contributed by atoms with van der Waals surface area (Å²) in [6, 6.07) is 0. The summed E-state index contributed by atoms with van der Waals surface area (Å²) in [5.74, 6) is 0.117. The van der Waals surface area contributed by atoms with Gasteiger partial charge in [0.15, 0.2) is 0 Å². The van der Waals surface area contributed by atoms with Gasteiger partial charge in [0.1, 0.15) is 12.4 Å². The first kappa shape index (κ1) is 12.5. The zero-order valence-corrected chi connectivity index (χ0v) is 8.72. The maximum Gasteiger partial charge on any atom is 0.111 e. The summed E-state index contributed by atoms with van der Waals surface area (Å²) >= 11 is 0. The minimum Gasteiger partial charge on any atom is -0.510 e. The van der Waals surface area contributed by atoms with E-state index in [4.69, 9.17) is 9.84 Å². The molecular weight excluding hydrogens is 164 g/mol. The van der Waals surface area contributed by atoms with Crippen LogP contribution in [0.2, 0.25) is 0 Å². The van der Waals surface area contributed by atoms with Gasteiger partial charge in [0.25, 0.3) is 0 Å². The SMILES string of the molecule is C=C(O)COCCCCCCCC. The number of aliphatic hydroxyl groups excluding tert-OH is 1. The Labute approximate surface area is 81.6 Å². The van der Waals surface area contributed by atoms with Crippen LogP contribution < -0.4 is 0 Å². The molecule has 0 amide bonds. The highest BCUT2D eigenvalue weighted by molar-refractivity contribution is 4.77. The molecule has 0 aliphatic heterocycles. The van der Waals surface area contributed by atoms with E-state index in [0.717, 1.165) is 13.0 Å². The maximum absolute atomic E-state index is 8.71. The third-order valence-electron chi connectivity index (χ3n) is 1.91. The predicted octanol–water partition coefficient (Wildman–Crippen LogP) is 3.44. The number of hydrogen-bond donors (Lipinski definition) is 1. The van der Waals surface area contributed by atoms with Crippen molar-refractivity contribution in [2.75, 3.05) is 13.2 Å². The average molecular weight is 186 g/mol. The molecule has 0 bridgehead atoms. The minimum absolute atomic E-state index is 0.117. The standard InChI is InChI=1S/C11H22O2/c1-3-4-5-6-7-8-9-13-10-11(2)12/h12H,2-10H2,1H3. The van der Waals surface area contributed by atoms with Gasteiger partial charge >= 0.3 is 0 Å². The van der Waals surface area contributed by atoms with Gasteiger partial charge in [0, 0.05) is 6.61 Å². The first-order valence-corrected chi connectivity index (χ1v) is 5.22. The van der Waals surface area contributed by atoms with Gasteiger partial charge in [0.05, 0.1) is 0 Å². The van der Waals surface area contributed by atoms with Gasteiger partial charge in [-0.1, -0.05) is 45.6 Å². The fourth-order valence-corrected chi connectivity index (χ4v) is 1.17. The molecule has 0 aromatic rings. The molecular formula is C11H22O2. The van der Waals surface area contributed by atoms with Crippen LogP contribution in [0.25, 0.3) is 0 Å². The van der Waals surface area contributed by atoms with E-state index >= 15 is 0 Å². The Hall–Kier alpha value is -0.500. The van der Waals surface area contributed by atoms with E-state index < -0.39 is 0 Å². The highest BCUT2D eigenvalue weighted by Gasteiger charge is 1.91. The van der Waals surface area contributed by atoms with Crippen LogP contribution in [0, 0.1) is 0 Å². The fourth-order valence-electron chi connectivity index (χ4n) is 1.17. The van der Waals surface area contributed by atoms with Crippen molar-refractivity contribution < 1.29 is 9.84 Å². The molecule has 0 spiro atoms. The van der Waals surface area contributed by atoms with Gasteiger partial charge in [-0.25, -0.2) is 0 Å². The van der Waals surface area contributed by atoms with Gasteiger partial charge in [-0.05, 0) is 6.42 Å². The molecule has 0 aromatic heterocycles. The van der Waals surface area contributed by atoms with Crippen molar-refractivity contribution in [2.45, 2.75) is 45.4 Å². The highest BCUT2D eigenvalue weighted by Crippen LogP contribution is 2.04. The summed E-state index contributed by atoms with van der Waals surface area (Å²) in [4.78, 5) is 0. The Kier molecular flexibility index (Phi) is 9.22. The Morgan fingerprint density at radius 1 is 1.15 bits per heavy atom. The lowest BCUT2D eigenvalue weighted by Gasteiger charge is -2.02. The van der Waals surface area contributed by atoms with Gasteiger partial charge < -0.3 is 9.84 Å². The van der Waals surface area contributed by atoms with Gasteiger partial charge in [-0.2, -0.15) is 0 Å². The molecule has 0 aromatic carbocycles. The van der Waals surface area contributed by atoms with Crippen LogP contribution in [-0.4, -0.2) is 18.3 Å². The number of aliphatic hydroxyl groups is 1. The monoisotopic (exact) mass is 186 g/mol. The summed E-state index contributed by atoms with van der Waals surface area (Å²) < 4.78 is 5.15. The third kappa shape index (κ3) is 11.5. The van der Waals surface area contributed by atoms with Gasteiger partial charge in [-0.15, -0.1) is 0 Å². The highest BCUT2D eigenvalue weighted by atomic mass is 16.5. The lowest BCUT2D eigenvalue weighted by molar-refractivity contribution is 0.124. The topological polar surface area (TPSA) is 29.5 Å². The molecule has 0 heterocycles. The van der Waals surface area contributed by atoms with Crippen LogP contribution in [0.4, 0.5) is 0 Å². The lowest BCUT2D eigenvalue weighted by Crippen LogP contribution is -1.98. The second kappa shape index (κ2) is 9.59. The number of ether oxygens (including phenoxy) is 1. The van der Waals surface area contributed by atoms with Crippen LogP contribution >= 0.6 is 0 Å². The van der Waals surface area contributed by atoms with E-state index in [0.29, 0.717) is 0 Å². The molecule has 0 saturated carbocycles. The molecule has 0 radical (unpaired) electrons. The summed E-state index contributed by atoms with van der Waals surface area (Å²) in [6.45, 7) is 6.59. The molecule has 0 unspecified atom stereocenters. The smallest absolute Gasteiger partial charge is 0.111 e. The van der Waals surface area contributed by atoms with Crippen LogP contribution in [0.3, 0.4) is 0 Å². The predicted molar refractivity (Wildman–Crippen MR) is 56.0 cm³/mol. The molecule has 0 aliphatic carbocycles. The largest absolute Gasteiger partial charge is 0.510 e. The zero-order valence-electron chi connectivity index (χ0n) is 8.72. The Morgan fingerprint density at radius 3 is 2.38 bits per heavy atom. The molecule has 0 rings (SSSR count). The number of unbranched alkanes of at least 4 members (excludes halogenated alkanes) is 5. The molecule has 1 N–H and O–H groups in total. The van der Waals surface area contributed by atoms with Crippen LogP contribution in [-0.2, 0) is 4.74 Å². The third-order valence-corrected chi connectivity index (χ3v) is 1.91. The summed E-state index contributed by atoms with van der Waals surface area (Å²) in [5.41, 5.74) is 0. The second-order valence-corrected chi connectivity index (χ2v) is 3.39. The number of rotatable bonds is 9. The van der Waals surface area contributed by atoms with Crippen molar-refractivity contribution in [2.24, 2.45) is 0 Å². The maximum atomic E-state index is 8.71. The van der Waals surface area contributed by atoms with E-state index in [1.54, 1.807) is 0 Å². The van der Waals surface area contributed by atoms with Crippen molar-refractivity contribution >= 4 is 0 Å². The fraction of sp³-hybridized carbons (Fsp3) is 0.818. The van der Waals surface area contributed by atoms with Crippen molar-refractivity contribution in [3.05, 3.63) is 12.3 Å². The molecule has 0 fully saturated rings. The molecule has 0 atom stereocenters. The summed E-state index contributed by atoms with van der Waals surface area (Å²) in [5, 5.41) is 8.71. The van der Waals surface area contributed by atoms with E-state index in [9.17, 15) is 0 Å². The summed E-state index contributed by atoms with van der Waals surface area (Å²) in [7, 11) is 0. The molecule has 78 valence electrons. The van der Waals surface area contributed by atoms with Gasteiger partial charge in [0.2, 0.25) is 0 Å². The molecule has 0 aliphatic rings. The van der Waals surface area contributed by atoms with Crippen LogP contribution in [0.5, 0.6) is 0 Å². The van der Waals surface area contributed by atoms with E-state index in [1.807, 2.05) is 0 Å². The van der Waals surface area contributed by atoms with Crippen molar-refractivity contribution in [1.82, 2.24) is 0 Å². The first-order chi connectivity index (χ1) is 6.27. The number of hydrogen-bond acceptors (Lipinski definition) is 2.